The molecule has 2 N–H and O–H groups in total. The van der Waals surface area contributed by atoms with Crippen LogP contribution in [0.5, 0.6) is 0 Å². The van der Waals surface area contributed by atoms with Crippen molar-refractivity contribution in [2.75, 3.05) is 0 Å². The van der Waals surface area contributed by atoms with E-state index in [1.807, 2.05) is 0 Å². The van der Waals surface area contributed by atoms with Crippen molar-refractivity contribution in [1.29, 1.82) is 0 Å². The summed E-state index contributed by atoms with van der Waals surface area (Å²) in [6.45, 7) is 5.70. The van der Waals surface area contributed by atoms with Crippen LogP contribution >= 0.6 is 0 Å². The molecular weight excluding hydrogens is 243 g/mol. The smallest absolute Gasteiger partial charge is 0.155 e. The third kappa shape index (κ3) is 32.2. The topological polar surface area (TPSA) is 74.6 Å². The molecule has 0 atom stereocenters. The first-order chi connectivity index (χ1) is 6.25. The van der Waals surface area contributed by atoms with Crippen LogP contribution in [0.1, 0.15) is 27.7 Å². The second-order valence-corrected chi connectivity index (χ2v) is 2.79. The summed E-state index contributed by atoms with van der Waals surface area (Å²) in [5, 5.41) is 16.7. The Morgan fingerprint density at radius 3 is 1.00 bits per heavy atom. The van der Waals surface area contributed by atoms with Gasteiger partial charge in [-0.2, -0.15) is 0 Å². The Kier molecular flexibility index (Phi) is 14.3. The average Bonchev–Trinajstić information content (AvgIpc) is 1.79. The van der Waals surface area contributed by atoms with Gasteiger partial charge in [-0.1, -0.05) is 0 Å². The molecule has 15 heavy (non-hydrogen) atoms. The van der Waals surface area contributed by atoms with Gasteiger partial charge in [0, 0.05) is 28.6 Å². The predicted molar refractivity (Wildman–Crippen MR) is 54.1 cm³/mol. The number of ketones is 2. The van der Waals surface area contributed by atoms with Crippen molar-refractivity contribution in [3.05, 3.63) is 23.7 Å². The standard InChI is InChI=1S/2C5H8O2.Ni/c2*1-4(6)3-5(2)7;/h2*3,6H,1-2H3;. The number of hydrogen-bond donors (Lipinski definition) is 2. The van der Waals surface area contributed by atoms with Gasteiger partial charge in [-0.15, -0.1) is 0 Å². The van der Waals surface area contributed by atoms with Crippen LogP contribution in [-0.2, 0) is 26.1 Å². The van der Waals surface area contributed by atoms with Gasteiger partial charge in [0.25, 0.3) is 0 Å². The van der Waals surface area contributed by atoms with Gasteiger partial charge in [-0.05, 0) is 27.7 Å². The summed E-state index contributed by atoms with van der Waals surface area (Å²) in [5.41, 5.74) is 0. The first-order valence-electron chi connectivity index (χ1n) is 4.01. The molecule has 0 amide bonds. The Balaban J connectivity index is -0.000000180. The van der Waals surface area contributed by atoms with E-state index in [0.717, 1.165) is 0 Å². The van der Waals surface area contributed by atoms with E-state index < -0.39 is 0 Å². The molecule has 0 spiro atoms. The van der Waals surface area contributed by atoms with Crippen molar-refractivity contribution in [3.8, 4) is 0 Å². The van der Waals surface area contributed by atoms with E-state index in [1.165, 1.54) is 39.8 Å². The molecule has 0 radical (unpaired) electrons. The molecule has 5 heteroatoms. The Morgan fingerprint density at radius 1 is 0.800 bits per heavy atom. The van der Waals surface area contributed by atoms with Gasteiger partial charge in [0.1, 0.15) is 0 Å². The van der Waals surface area contributed by atoms with E-state index in [2.05, 4.69) is 0 Å². The maximum Gasteiger partial charge on any atom is 0.155 e. The minimum atomic E-state index is -0.125. The summed E-state index contributed by atoms with van der Waals surface area (Å²) >= 11 is 0. The molecule has 0 rings (SSSR count). The minimum absolute atomic E-state index is 0. The van der Waals surface area contributed by atoms with Crippen LogP contribution in [0.15, 0.2) is 23.7 Å². The number of aliphatic hydroxyl groups excluding tert-OH is 2. The summed E-state index contributed by atoms with van der Waals surface area (Å²) in [7, 11) is 0. The summed E-state index contributed by atoms with van der Waals surface area (Å²) in [6, 6.07) is 0. The molecule has 0 aliphatic heterocycles. The van der Waals surface area contributed by atoms with Crippen molar-refractivity contribution in [2.24, 2.45) is 0 Å². The van der Waals surface area contributed by atoms with Gasteiger partial charge in [-0.3, -0.25) is 9.59 Å². The van der Waals surface area contributed by atoms with Gasteiger partial charge in [0.15, 0.2) is 11.6 Å². The van der Waals surface area contributed by atoms with Gasteiger partial charge in [0.05, 0.1) is 11.5 Å². The molecule has 0 aromatic heterocycles. The zero-order chi connectivity index (χ0) is 11.7. The van der Waals surface area contributed by atoms with Crippen LogP contribution in [0, 0.1) is 0 Å². The van der Waals surface area contributed by atoms with Crippen LogP contribution < -0.4 is 0 Å². The quantitative estimate of drug-likeness (QED) is 0.452. The van der Waals surface area contributed by atoms with E-state index in [0.29, 0.717) is 0 Å². The molecule has 0 aliphatic carbocycles. The molecular formula is C10H16NiO4. The normalized spacial score (nSPS) is 10.7. The minimum Gasteiger partial charge on any atom is -0.512 e. The molecule has 0 saturated carbocycles. The third-order valence-electron chi connectivity index (χ3n) is 0.824. The van der Waals surface area contributed by atoms with E-state index >= 15 is 0 Å². The van der Waals surface area contributed by atoms with Crippen molar-refractivity contribution in [1.82, 2.24) is 0 Å². The fourth-order valence-electron chi connectivity index (χ4n) is 0.588. The molecule has 0 heterocycles. The Labute approximate surface area is 99.6 Å². The number of aliphatic hydroxyl groups is 2. The molecule has 0 bridgehead atoms. The second-order valence-electron chi connectivity index (χ2n) is 2.79. The SMILES string of the molecule is CC(=O)C=C(C)O.CC(=O)C=C(C)O.[Ni]. The van der Waals surface area contributed by atoms with Crippen LogP contribution in [0.25, 0.3) is 0 Å². The van der Waals surface area contributed by atoms with Gasteiger partial charge in [0.2, 0.25) is 0 Å². The molecule has 0 unspecified atom stereocenters. The van der Waals surface area contributed by atoms with Crippen LogP contribution in [0.2, 0.25) is 0 Å². The zero-order valence-electron chi connectivity index (χ0n) is 9.18. The Morgan fingerprint density at radius 2 is 1.00 bits per heavy atom. The summed E-state index contributed by atoms with van der Waals surface area (Å²) in [6.07, 6.45) is 2.33. The maximum atomic E-state index is 10.0. The third-order valence-corrected chi connectivity index (χ3v) is 0.824. The molecule has 0 aromatic carbocycles. The predicted octanol–water partition coefficient (Wildman–Crippen LogP) is 2.07. The molecule has 0 aliphatic rings. The number of carbonyl (C=O) groups is 2. The van der Waals surface area contributed by atoms with Crippen LogP contribution in [-0.4, -0.2) is 21.8 Å². The van der Waals surface area contributed by atoms with E-state index in [-0.39, 0.29) is 39.6 Å². The van der Waals surface area contributed by atoms with Gasteiger partial charge < -0.3 is 10.2 Å². The monoisotopic (exact) mass is 258 g/mol. The van der Waals surface area contributed by atoms with Crippen molar-refractivity contribution in [3.63, 3.8) is 0 Å². The van der Waals surface area contributed by atoms with Crippen molar-refractivity contribution in [2.45, 2.75) is 27.7 Å². The fraction of sp³-hybridized carbons (Fsp3) is 0.400. The first kappa shape index (κ1) is 19.5. The average molecular weight is 259 g/mol. The van der Waals surface area contributed by atoms with Crippen molar-refractivity contribution < 1.29 is 36.3 Å². The molecule has 4 nitrogen and oxygen atoms in total. The van der Waals surface area contributed by atoms with Crippen LogP contribution in [0.3, 0.4) is 0 Å². The summed E-state index contributed by atoms with van der Waals surface area (Å²) in [4.78, 5) is 20.0. The fourth-order valence-corrected chi connectivity index (χ4v) is 0.588. The van der Waals surface area contributed by atoms with E-state index in [9.17, 15) is 9.59 Å². The Hall–Kier alpha value is -1.09. The van der Waals surface area contributed by atoms with Gasteiger partial charge >= 0.3 is 0 Å². The van der Waals surface area contributed by atoms with E-state index in [4.69, 9.17) is 10.2 Å². The zero-order valence-corrected chi connectivity index (χ0v) is 10.2. The molecule has 90 valence electrons. The van der Waals surface area contributed by atoms with E-state index in [1.54, 1.807) is 0 Å². The van der Waals surface area contributed by atoms with Gasteiger partial charge in [-0.25, -0.2) is 0 Å². The summed E-state index contributed by atoms with van der Waals surface area (Å²) in [5.74, 6) is -0.125. The molecule has 0 aromatic rings. The largest absolute Gasteiger partial charge is 0.512 e. The second kappa shape index (κ2) is 11.0. The molecule has 0 fully saturated rings. The Bertz CT molecular complexity index is 231. The van der Waals surface area contributed by atoms with Crippen LogP contribution in [0.4, 0.5) is 0 Å². The van der Waals surface area contributed by atoms with Crippen molar-refractivity contribution >= 4 is 11.6 Å². The number of carbonyl (C=O) groups excluding carboxylic acids is 2. The number of rotatable bonds is 2. The maximum absolute atomic E-state index is 10.0. The molecule has 0 saturated heterocycles. The summed E-state index contributed by atoms with van der Waals surface area (Å²) < 4.78 is 0. The number of allylic oxidation sites excluding steroid dienone is 4. The number of hydrogen-bond acceptors (Lipinski definition) is 4. The first-order valence-corrected chi connectivity index (χ1v) is 4.01.